The molecule has 0 aromatic heterocycles. The third-order valence-electron chi connectivity index (χ3n) is 4.26. The lowest BCUT2D eigenvalue weighted by atomic mass is 10.1. The number of sulfonamides is 1. The molecule has 2 aromatic rings. The normalized spacial score (nSPS) is 18.8. The van der Waals surface area contributed by atoms with E-state index in [1.807, 2.05) is 30.3 Å². The molecule has 1 fully saturated rings. The molecule has 1 unspecified atom stereocenters. The van der Waals surface area contributed by atoms with Gasteiger partial charge < -0.3 is 5.32 Å². The minimum Gasteiger partial charge on any atom is -0.314 e. The van der Waals surface area contributed by atoms with Crippen LogP contribution in [0.2, 0.25) is 0 Å². The summed E-state index contributed by atoms with van der Waals surface area (Å²) in [6.07, 6.45) is 0.611. The zero-order chi connectivity index (χ0) is 17.9. The van der Waals surface area contributed by atoms with Crippen molar-refractivity contribution in [2.24, 2.45) is 0 Å². The molecule has 0 radical (unpaired) electrons. The van der Waals surface area contributed by atoms with Crippen molar-refractivity contribution in [3.8, 4) is 0 Å². The summed E-state index contributed by atoms with van der Waals surface area (Å²) in [5, 5.41) is 14.0. The van der Waals surface area contributed by atoms with E-state index in [9.17, 15) is 18.5 Å². The van der Waals surface area contributed by atoms with Gasteiger partial charge in [-0.3, -0.25) is 10.1 Å². The first kappa shape index (κ1) is 17.5. The van der Waals surface area contributed by atoms with Gasteiger partial charge in [0.1, 0.15) is 0 Å². The van der Waals surface area contributed by atoms with Crippen LogP contribution in [0.25, 0.3) is 0 Å². The van der Waals surface area contributed by atoms with E-state index in [0.29, 0.717) is 26.1 Å². The fourth-order valence-electron chi connectivity index (χ4n) is 2.99. The molecule has 0 spiro atoms. The highest BCUT2D eigenvalue weighted by atomic mass is 32.2. The van der Waals surface area contributed by atoms with Gasteiger partial charge in [0.2, 0.25) is 10.0 Å². The van der Waals surface area contributed by atoms with E-state index in [1.165, 1.54) is 28.6 Å². The zero-order valence-electron chi connectivity index (χ0n) is 13.5. The smallest absolute Gasteiger partial charge is 0.269 e. The molecule has 0 aliphatic carbocycles. The molecule has 8 heteroatoms. The van der Waals surface area contributed by atoms with E-state index < -0.39 is 14.9 Å². The molecule has 1 atom stereocenters. The predicted molar refractivity (Wildman–Crippen MR) is 93.8 cm³/mol. The molecule has 2 aromatic carbocycles. The second kappa shape index (κ2) is 7.30. The molecule has 1 aliphatic rings. The maximum atomic E-state index is 13.0. The van der Waals surface area contributed by atoms with E-state index in [2.05, 4.69) is 5.32 Å². The highest BCUT2D eigenvalue weighted by Crippen LogP contribution is 2.23. The summed E-state index contributed by atoms with van der Waals surface area (Å²) in [5.41, 5.74) is 0.945. The van der Waals surface area contributed by atoms with Gasteiger partial charge in [-0.25, -0.2) is 8.42 Å². The van der Waals surface area contributed by atoms with Crippen molar-refractivity contribution in [1.82, 2.24) is 9.62 Å². The number of nitro groups is 1. The van der Waals surface area contributed by atoms with Crippen LogP contribution in [0.4, 0.5) is 5.69 Å². The number of hydrogen-bond donors (Lipinski definition) is 1. The molecular weight excluding hydrogens is 342 g/mol. The molecule has 0 saturated carbocycles. The van der Waals surface area contributed by atoms with Gasteiger partial charge in [0.15, 0.2) is 0 Å². The van der Waals surface area contributed by atoms with Gasteiger partial charge in [-0.05, 0) is 24.1 Å². The van der Waals surface area contributed by atoms with Crippen LogP contribution in [0, 0.1) is 10.1 Å². The van der Waals surface area contributed by atoms with E-state index >= 15 is 0 Å². The van der Waals surface area contributed by atoms with Crippen LogP contribution in [-0.2, 0) is 16.4 Å². The molecule has 1 N–H and O–H groups in total. The summed E-state index contributed by atoms with van der Waals surface area (Å²) in [6.45, 7) is 1.52. The molecule has 1 aliphatic heterocycles. The SMILES string of the molecule is O=[N+]([O-])c1ccc(S(=O)(=O)N2CCNCC2Cc2ccccc2)cc1. The third kappa shape index (κ3) is 3.87. The van der Waals surface area contributed by atoms with Gasteiger partial charge in [0.25, 0.3) is 5.69 Å². The van der Waals surface area contributed by atoms with Gasteiger partial charge in [0.05, 0.1) is 9.82 Å². The molecule has 1 heterocycles. The number of rotatable bonds is 5. The van der Waals surface area contributed by atoms with Crippen LogP contribution < -0.4 is 5.32 Å². The van der Waals surface area contributed by atoms with Crippen LogP contribution in [-0.4, -0.2) is 43.3 Å². The minimum atomic E-state index is -3.70. The number of nitro benzene ring substituents is 1. The Kier molecular flexibility index (Phi) is 5.12. The van der Waals surface area contributed by atoms with Gasteiger partial charge in [-0.1, -0.05) is 30.3 Å². The van der Waals surface area contributed by atoms with Crippen molar-refractivity contribution in [2.45, 2.75) is 17.4 Å². The van der Waals surface area contributed by atoms with E-state index in [4.69, 9.17) is 0 Å². The summed E-state index contributed by atoms with van der Waals surface area (Å²) >= 11 is 0. The first-order chi connectivity index (χ1) is 12.0. The number of piperazine rings is 1. The van der Waals surface area contributed by atoms with E-state index in [-0.39, 0.29) is 16.6 Å². The Balaban J connectivity index is 1.86. The standard InChI is InChI=1S/C17H19N3O4S/c21-20(22)15-6-8-17(9-7-15)25(23,24)19-11-10-18-13-16(19)12-14-4-2-1-3-5-14/h1-9,16,18H,10-13H2. The molecule has 1 saturated heterocycles. The average Bonchev–Trinajstić information content (AvgIpc) is 2.63. The van der Waals surface area contributed by atoms with Gasteiger partial charge in [-0.2, -0.15) is 4.31 Å². The summed E-state index contributed by atoms with van der Waals surface area (Å²) < 4.78 is 27.5. The van der Waals surface area contributed by atoms with Crippen LogP contribution >= 0.6 is 0 Å². The van der Waals surface area contributed by atoms with Crippen LogP contribution in [0.15, 0.2) is 59.5 Å². The maximum Gasteiger partial charge on any atom is 0.269 e. The zero-order valence-corrected chi connectivity index (χ0v) is 14.4. The average molecular weight is 361 g/mol. The maximum absolute atomic E-state index is 13.0. The van der Waals surface area contributed by atoms with Crippen LogP contribution in [0.1, 0.15) is 5.56 Å². The largest absolute Gasteiger partial charge is 0.314 e. The van der Waals surface area contributed by atoms with Crippen LogP contribution in [0.3, 0.4) is 0 Å². The lowest BCUT2D eigenvalue weighted by Gasteiger charge is -2.35. The summed E-state index contributed by atoms with van der Waals surface area (Å²) in [6, 6.07) is 14.6. The number of nitrogens with one attached hydrogen (secondary N) is 1. The number of benzene rings is 2. The van der Waals surface area contributed by atoms with Crippen molar-refractivity contribution in [3.05, 3.63) is 70.3 Å². The Morgan fingerprint density at radius 2 is 1.80 bits per heavy atom. The molecular formula is C17H19N3O4S. The molecule has 3 rings (SSSR count). The Hall–Kier alpha value is -2.29. The fraction of sp³-hybridized carbons (Fsp3) is 0.294. The summed E-state index contributed by atoms with van der Waals surface area (Å²) in [4.78, 5) is 10.3. The highest BCUT2D eigenvalue weighted by Gasteiger charge is 2.33. The van der Waals surface area contributed by atoms with Crippen molar-refractivity contribution in [3.63, 3.8) is 0 Å². The molecule has 25 heavy (non-hydrogen) atoms. The molecule has 132 valence electrons. The number of hydrogen-bond acceptors (Lipinski definition) is 5. The lowest BCUT2D eigenvalue weighted by molar-refractivity contribution is -0.384. The van der Waals surface area contributed by atoms with Gasteiger partial charge in [-0.15, -0.1) is 0 Å². The Labute approximate surface area is 146 Å². The van der Waals surface area contributed by atoms with Crippen molar-refractivity contribution in [2.75, 3.05) is 19.6 Å². The monoisotopic (exact) mass is 361 g/mol. The van der Waals surface area contributed by atoms with Gasteiger partial charge >= 0.3 is 0 Å². The second-order valence-electron chi connectivity index (χ2n) is 5.91. The fourth-order valence-corrected chi connectivity index (χ4v) is 4.62. The van der Waals surface area contributed by atoms with Crippen molar-refractivity contribution >= 4 is 15.7 Å². The minimum absolute atomic E-state index is 0.0815. The molecule has 7 nitrogen and oxygen atoms in total. The highest BCUT2D eigenvalue weighted by molar-refractivity contribution is 7.89. The predicted octanol–water partition coefficient (Wildman–Crippen LogP) is 1.80. The van der Waals surface area contributed by atoms with Crippen molar-refractivity contribution in [1.29, 1.82) is 0 Å². The Bertz CT molecular complexity index is 838. The summed E-state index contributed by atoms with van der Waals surface area (Å²) in [5.74, 6) is 0. The van der Waals surface area contributed by atoms with E-state index in [0.717, 1.165) is 5.56 Å². The lowest BCUT2D eigenvalue weighted by Crippen LogP contribution is -2.54. The number of non-ortho nitro benzene ring substituents is 1. The third-order valence-corrected chi connectivity index (χ3v) is 6.23. The van der Waals surface area contributed by atoms with Crippen molar-refractivity contribution < 1.29 is 13.3 Å². The Morgan fingerprint density at radius 1 is 1.12 bits per heavy atom. The van der Waals surface area contributed by atoms with Crippen LogP contribution in [0.5, 0.6) is 0 Å². The quantitative estimate of drug-likeness (QED) is 0.647. The molecule has 0 amide bonds. The number of nitrogens with zero attached hydrogens (tertiary/aromatic N) is 2. The topological polar surface area (TPSA) is 92.5 Å². The first-order valence-electron chi connectivity index (χ1n) is 7.99. The molecule has 0 bridgehead atoms. The second-order valence-corrected chi connectivity index (χ2v) is 7.80. The van der Waals surface area contributed by atoms with Gasteiger partial charge in [0, 0.05) is 37.8 Å². The summed E-state index contributed by atoms with van der Waals surface area (Å²) in [7, 11) is -3.70. The Morgan fingerprint density at radius 3 is 2.44 bits per heavy atom. The first-order valence-corrected chi connectivity index (χ1v) is 9.43. The van der Waals surface area contributed by atoms with E-state index in [1.54, 1.807) is 0 Å².